The number of halogens is 2. The maximum absolute atomic E-state index is 13.2. The third-order valence-corrected chi connectivity index (χ3v) is 3.49. The molecule has 0 aliphatic carbocycles. The highest BCUT2D eigenvalue weighted by Crippen LogP contribution is 2.28. The van der Waals surface area contributed by atoms with Gasteiger partial charge in [0.15, 0.2) is 0 Å². The van der Waals surface area contributed by atoms with Crippen LogP contribution in [0.1, 0.15) is 38.1 Å². The Hall–Kier alpha value is -1.27. The summed E-state index contributed by atoms with van der Waals surface area (Å²) in [5.74, 6) is 0.382. The fourth-order valence-electron chi connectivity index (χ4n) is 1.71. The molecule has 2 N–H and O–H groups in total. The van der Waals surface area contributed by atoms with Crippen LogP contribution in [-0.4, -0.2) is 10.1 Å². The van der Waals surface area contributed by atoms with E-state index in [4.69, 9.17) is 10.3 Å². The van der Waals surface area contributed by atoms with E-state index in [1.54, 1.807) is 6.07 Å². The van der Waals surface area contributed by atoms with E-state index in [0.29, 0.717) is 21.8 Å². The van der Waals surface area contributed by atoms with Gasteiger partial charge in [-0.3, -0.25) is 0 Å². The molecule has 0 radical (unpaired) electrons. The van der Waals surface area contributed by atoms with Crippen LogP contribution in [0.2, 0.25) is 0 Å². The van der Waals surface area contributed by atoms with Crippen molar-refractivity contribution in [2.75, 3.05) is 0 Å². The topological polar surface area (TPSA) is 64.9 Å². The molecule has 4 nitrogen and oxygen atoms in total. The average Bonchev–Trinajstić information content (AvgIpc) is 2.88. The summed E-state index contributed by atoms with van der Waals surface area (Å²) in [5.41, 5.74) is 6.51. The minimum atomic E-state index is -0.347. The first-order chi connectivity index (χ1) is 9.11. The molecular weight excluding hydrogens is 313 g/mol. The van der Waals surface area contributed by atoms with Crippen LogP contribution < -0.4 is 5.73 Å². The van der Waals surface area contributed by atoms with E-state index in [1.165, 1.54) is 12.1 Å². The SMILES string of the molecule is CCCC[C@H](N)c1nc(-c2cc(F)ccc2Br)no1. The van der Waals surface area contributed by atoms with Gasteiger partial charge >= 0.3 is 0 Å². The zero-order valence-corrected chi connectivity index (χ0v) is 12.2. The third kappa shape index (κ3) is 3.39. The van der Waals surface area contributed by atoms with Gasteiger partial charge in [-0.05, 0) is 24.6 Å². The highest BCUT2D eigenvalue weighted by molar-refractivity contribution is 9.10. The number of unbranched alkanes of at least 4 members (excludes halogenated alkanes) is 1. The maximum Gasteiger partial charge on any atom is 0.243 e. The Morgan fingerprint density at radius 3 is 3.00 bits per heavy atom. The standard InChI is InChI=1S/C13H15BrFN3O/c1-2-3-4-11(16)13-17-12(18-19-13)9-7-8(15)5-6-10(9)14/h5-7,11H,2-4,16H2,1H3/t11-/m0/s1. The molecule has 0 aliphatic rings. The summed E-state index contributed by atoms with van der Waals surface area (Å²) in [5, 5.41) is 3.85. The van der Waals surface area contributed by atoms with Crippen molar-refractivity contribution in [2.24, 2.45) is 5.73 Å². The zero-order chi connectivity index (χ0) is 13.8. The second kappa shape index (κ2) is 6.25. The van der Waals surface area contributed by atoms with Crippen molar-refractivity contribution in [1.29, 1.82) is 0 Å². The highest BCUT2D eigenvalue weighted by atomic mass is 79.9. The van der Waals surface area contributed by atoms with Crippen molar-refractivity contribution in [2.45, 2.75) is 32.2 Å². The quantitative estimate of drug-likeness (QED) is 0.906. The Balaban J connectivity index is 2.23. The van der Waals surface area contributed by atoms with Gasteiger partial charge in [0, 0.05) is 10.0 Å². The molecule has 2 aromatic rings. The van der Waals surface area contributed by atoms with Crippen molar-refractivity contribution in [1.82, 2.24) is 10.1 Å². The number of aromatic nitrogens is 2. The van der Waals surface area contributed by atoms with Crippen LogP contribution in [-0.2, 0) is 0 Å². The van der Waals surface area contributed by atoms with Gasteiger partial charge in [-0.25, -0.2) is 4.39 Å². The average molecular weight is 328 g/mol. The maximum atomic E-state index is 13.2. The van der Waals surface area contributed by atoms with Crippen LogP contribution in [0.3, 0.4) is 0 Å². The lowest BCUT2D eigenvalue weighted by atomic mass is 10.1. The van der Waals surface area contributed by atoms with Gasteiger partial charge in [0.1, 0.15) is 5.82 Å². The summed E-state index contributed by atoms with van der Waals surface area (Å²) in [6.45, 7) is 2.09. The van der Waals surface area contributed by atoms with E-state index in [-0.39, 0.29) is 11.9 Å². The molecule has 102 valence electrons. The predicted molar refractivity (Wildman–Crippen MR) is 73.8 cm³/mol. The first kappa shape index (κ1) is 14.1. The highest BCUT2D eigenvalue weighted by Gasteiger charge is 2.17. The van der Waals surface area contributed by atoms with Crippen LogP contribution >= 0.6 is 15.9 Å². The second-order valence-electron chi connectivity index (χ2n) is 4.33. The molecule has 19 heavy (non-hydrogen) atoms. The van der Waals surface area contributed by atoms with Gasteiger partial charge in [-0.1, -0.05) is 40.9 Å². The lowest BCUT2D eigenvalue weighted by Gasteiger charge is -2.04. The molecule has 6 heteroatoms. The largest absolute Gasteiger partial charge is 0.337 e. The summed E-state index contributed by atoms with van der Waals surface area (Å²) in [6, 6.07) is 4.06. The van der Waals surface area contributed by atoms with Gasteiger partial charge in [-0.15, -0.1) is 0 Å². The van der Waals surface area contributed by atoms with Crippen LogP contribution in [0.5, 0.6) is 0 Å². The smallest absolute Gasteiger partial charge is 0.243 e. The van der Waals surface area contributed by atoms with Crippen LogP contribution in [0, 0.1) is 5.82 Å². The second-order valence-corrected chi connectivity index (χ2v) is 5.18. The minimum Gasteiger partial charge on any atom is -0.337 e. The fourth-order valence-corrected chi connectivity index (χ4v) is 2.14. The zero-order valence-electron chi connectivity index (χ0n) is 10.6. The summed E-state index contributed by atoms with van der Waals surface area (Å²) in [7, 11) is 0. The van der Waals surface area contributed by atoms with Gasteiger partial charge in [0.2, 0.25) is 11.7 Å². The Bertz CT molecular complexity index is 559. The van der Waals surface area contributed by atoms with Gasteiger partial charge in [0.05, 0.1) is 6.04 Å². The molecule has 0 fully saturated rings. The first-order valence-corrected chi connectivity index (χ1v) is 6.95. The molecule has 0 unspecified atom stereocenters. The molecule has 0 bridgehead atoms. The van der Waals surface area contributed by atoms with Gasteiger partial charge < -0.3 is 10.3 Å². The number of hydrogen-bond donors (Lipinski definition) is 1. The Morgan fingerprint density at radius 2 is 2.26 bits per heavy atom. The van der Waals surface area contributed by atoms with Crippen molar-refractivity contribution >= 4 is 15.9 Å². The third-order valence-electron chi connectivity index (χ3n) is 2.80. The van der Waals surface area contributed by atoms with Gasteiger partial charge in [-0.2, -0.15) is 4.98 Å². The molecule has 0 aliphatic heterocycles. The van der Waals surface area contributed by atoms with Crippen LogP contribution in [0.4, 0.5) is 4.39 Å². The number of rotatable bonds is 5. The van der Waals surface area contributed by atoms with Crippen LogP contribution in [0.25, 0.3) is 11.4 Å². The Labute approximate surface area is 119 Å². The number of benzene rings is 1. The minimum absolute atomic E-state index is 0.270. The monoisotopic (exact) mass is 327 g/mol. The summed E-state index contributed by atoms with van der Waals surface area (Å²) in [4.78, 5) is 4.24. The van der Waals surface area contributed by atoms with Gasteiger partial charge in [0.25, 0.3) is 0 Å². The van der Waals surface area contributed by atoms with E-state index < -0.39 is 0 Å². The van der Waals surface area contributed by atoms with Crippen molar-refractivity contribution in [3.8, 4) is 11.4 Å². The Morgan fingerprint density at radius 1 is 1.47 bits per heavy atom. The molecule has 1 aromatic carbocycles. The van der Waals surface area contributed by atoms with E-state index in [0.717, 1.165) is 19.3 Å². The molecule has 0 saturated carbocycles. The lowest BCUT2D eigenvalue weighted by molar-refractivity contribution is 0.346. The first-order valence-electron chi connectivity index (χ1n) is 6.16. The molecule has 1 aromatic heterocycles. The summed E-state index contributed by atoms with van der Waals surface area (Å²) in [6.07, 6.45) is 2.86. The molecule has 0 saturated heterocycles. The molecule has 1 heterocycles. The molecule has 0 amide bonds. The molecule has 1 atom stereocenters. The molecule has 0 spiro atoms. The van der Waals surface area contributed by atoms with Crippen LogP contribution in [0.15, 0.2) is 27.2 Å². The lowest BCUT2D eigenvalue weighted by Crippen LogP contribution is -2.10. The number of nitrogens with two attached hydrogens (primary N) is 1. The van der Waals surface area contributed by atoms with Crippen molar-refractivity contribution in [3.63, 3.8) is 0 Å². The molecular formula is C13H15BrFN3O. The predicted octanol–water partition coefficient (Wildman–Crippen LogP) is 3.83. The fraction of sp³-hybridized carbons (Fsp3) is 0.385. The van der Waals surface area contributed by atoms with Crippen molar-refractivity contribution in [3.05, 3.63) is 34.4 Å². The van der Waals surface area contributed by atoms with Crippen molar-refractivity contribution < 1.29 is 8.91 Å². The van der Waals surface area contributed by atoms with E-state index >= 15 is 0 Å². The van der Waals surface area contributed by atoms with E-state index in [9.17, 15) is 4.39 Å². The number of nitrogens with zero attached hydrogens (tertiary/aromatic N) is 2. The summed E-state index contributed by atoms with van der Waals surface area (Å²) >= 11 is 3.34. The number of hydrogen-bond acceptors (Lipinski definition) is 4. The van der Waals surface area contributed by atoms with E-state index in [1.807, 2.05) is 0 Å². The molecule has 2 rings (SSSR count). The normalized spacial score (nSPS) is 12.6. The van der Waals surface area contributed by atoms with E-state index in [2.05, 4.69) is 33.0 Å². The Kier molecular flexibility index (Phi) is 4.66. The summed E-state index contributed by atoms with van der Waals surface area (Å²) < 4.78 is 19.1.